The Morgan fingerprint density at radius 1 is 1.14 bits per heavy atom. The second-order valence-electron chi connectivity index (χ2n) is 4.68. The average molecular weight is 336 g/mol. The third-order valence-corrected chi connectivity index (χ3v) is 4.26. The first-order valence-corrected chi connectivity index (χ1v) is 7.84. The van der Waals surface area contributed by atoms with E-state index < -0.39 is 29.7 Å². The van der Waals surface area contributed by atoms with Crippen molar-refractivity contribution in [3.63, 3.8) is 0 Å². The fraction of sp³-hybridized carbons (Fsp3) is 0.923. The van der Waals surface area contributed by atoms with Crippen LogP contribution >= 0.6 is 11.8 Å². The lowest BCUT2D eigenvalue weighted by Gasteiger charge is -2.20. The first-order chi connectivity index (χ1) is 9.65. The Kier molecular flexibility index (Phi) is 9.24. The van der Waals surface area contributed by atoms with E-state index in [-0.39, 0.29) is 12.2 Å². The maximum absolute atomic E-state index is 12.7. The minimum Gasteiger partial charge on any atom is -0.468 e. The normalized spacial score (nSPS) is 14.0. The molecule has 0 rings (SSSR count). The van der Waals surface area contributed by atoms with Crippen molar-refractivity contribution in [2.75, 3.05) is 12.9 Å². The van der Waals surface area contributed by atoms with Crippen LogP contribution in [-0.2, 0) is 9.53 Å². The number of carbonyl (C=O) groups is 1. The molecule has 0 aromatic carbocycles. The van der Waals surface area contributed by atoms with E-state index in [1.807, 2.05) is 6.92 Å². The molecule has 0 N–H and O–H groups in total. The first-order valence-electron chi connectivity index (χ1n) is 6.79. The van der Waals surface area contributed by atoms with Crippen LogP contribution in [0.15, 0.2) is 0 Å². The molecule has 126 valence electrons. The molecule has 1 unspecified atom stereocenters. The molecule has 0 saturated carbocycles. The van der Waals surface area contributed by atoms with Gasteiger partial charge in [0.2, 0.25) is 0 Å². The van der Waals surface area contributed by atoms with Gasteiger partial charge in [-0.15, -0.1) is 11.8 Å². The zero-order valence-electron chi connectivity index (χ0n) is 12.1. The van der Waals surface area contributed by atoms with Crippen LogP contribution < -0.4 is 0 Å². The van der Waals surface area contributed by atoms with Gasteiger partial charge in [-0.25, -0.2) is 0 Å². The monoisotopic (exact) mass is 336 g/mol. The van der Waals surface area contributed by atoms with Gasteiger partial charge in [0.05, 0.1) is 7.11 Å². The Labute approximate surface area is 125 Å². The summed E-state index contributed by atoms with van der Waals surface area (Å²) in [6.45, 7) is 2.00. The highest BCUT2D eigenvalue weighted by atomic mass is 32.2. The summed E-state index contributed by atoms with van der Waals surface area (Å²) in [5.41, 5.74) is 0. The quantitative estimate of drug-likeness (QED) is 0.325. The third kappa shape index (κ3) is 7.87. The number of methoxy groups -OCH3 is 1. The Bertz CT molecular complexity index is 307. The maximum Gasteiger partial charge on any atom is 0.453 e. The van der Waals surface area contributed by atoms with Gasteiger partial charge in [0.25, 0.3) is 0 Å². The standard InChI is InChI=1S/C13H21F5O2S/c1-3-4-5-7-10(11(19)20-2)21-9-6-8-12(14,15)13(16,17)18/h10H,3-9H2,1-2H3. The number of rotatable bonds is 10. The van der Waals surface area contributed by atoms with E-state index in [1.54, 1.807) is 0 Å². The van der Waals surface area contributed by atoms with E-state index in [0.29, 0.717) is 6.42 Å². The summed E-state index contributed by atoms with van der Waals surface area (Å²) in [5, 5.41) is -0.499. The molecule has 0 heterocycles. The van der Waals surface area contributed by atoms with Gasteiger partial charge in [0.1, 0.15) is 5.25 Å². The summed E-state index contributed by atoms with van der Waals surface area (Å²) in [5.74, 6) is -5.06. The molecule has 0 fully saturated rings. The topological polar surface area (TPSA) is 26.3 Å². The number of carbonyl (C=O) groups excluding carboxylic acids is 1. The zero-order chi connectivity index (χ0) is 16.5. The van der Waals surface area contributed by atoms with Crippen molar-refractivity contribution in [3.05, 3.63) is 0 Å². The highest BCUT2D eigenvalue weighted by molar-refractivity contribution is 8.00. The van der Waals surface area contributed by atoms with Crippen molar-refractivity contribution in [2.24, 2.45) is 0 Å². The molecule has 0 aliphatic rings. The van der Waals surface area contributed by atoms with Gasteiger partial charge in [-0.05, 0) is 18.6 Å². The van der Waals surface area contributed by atoms with Crippen molar-refractivity contribution in [1.29, 1.82) is 0 Å². The number of unbranched alkanes of at least 4 members (excludes halogenated alkanes) is 2. The van der Waals surface area contributed by atoms with Crippen molar-refractivity contribution in [1.82, 2.24) is 0 Å². The summed E-state index contributed by atoms with van der Waals surface area (Å²) < 4.78 is 65.9. The van der Waals surface area contributed by atoms with Crippen molar-refractivity contribution in [3.8, 4) is 0 Å². The second kappa shape index (κ2) is 9.48. The Morgan fingerprint density at radius 2 is 1.76 bits per heavy atom. The van der Waals surface area contributed by atoms with Crippen LogP contribution in [0.5, 0.6) is 0 Å². The van der Waals surface area contributed by atoms with Crippen molar-refractivity contribution < 1.29 is 31.5 Å². The number of thioether (sulfide) groups is 1. The van der Waals surface area contributed by atoms with Crippen LogP contribution in [-0.4, -0.2) is 36.2 Å². The van der Waals surface area contributed by atoms with E-state index in [9.17, 15) is 26.7 Å². The summed E-state index contributed by atoms with van der Waals surface area (Å²) in [4.78, 5) is 11.5. The highest BCUT2D eigenvalue weighted by Crippen LogP contribution is 2.39. The lowest BCUT2D eigenvalue weighted by Crippen LogP contribution is -2.36. The fourth-order valence-electron chi connectivity index (χ4n) is 1.64. The molecule has 0 amide bonds. The molecule has 0 radical (unpaired) electrons. The Morgan fingerprint density at radius 3 is 2.24 bits per heavy atom. The smallest absolute Gasteiger partial charge is 0.453 e. The van der Waals surface area contributed by atoms with E-state index >= 15 is 0 Å². The summed E-state index contributed by atoms with van der Waals surface area (Å²) in [6, 6.07) is 0. The minimum atomic E-state index is -5.51. The van der Waals surface area contributed by atoms with Crippen LogP contribution in [0.4, 0.5) is 22.0 Å². The molecule has 1 atom stereocenters. The molecule has 0 bridgehead atoms. The minimum absolute atomic E-state index is 0.0670. The van der Waals surface area contributed by atoms with Crippen molar-refractivity contribution >= 4 is 17.7 Å². The molecule has 0 aliphatic heterocycles. The average Bonchev–Trinajstić information content (AvgIpc) is 2.39. The molecule has 21 heavy (non-hydrogen) atoms. The Hall–Kier alpha value is -0.530. The molecule has 0 aromatic heterocycles. The molecule has 2 nitrogen and oxygen atoms in total. The van der Waals surface area contributed by atoms with Gasteiger partial charge in [-0.1, -0.05) is 26.2 Å². The van der Waals surface area contributed by atoms with Crippen molar-refractivity contribution in [2.45, 2.75) is 62.8 Å². The molecule has 0 aromatic rings. The molecule has 0 aliphatic carbocycles. The highest BCUT2D eigenvalue weighted by Gasteiger charge is 2.56. The summed E-state index contributed by atoms with van der Waals surface area (Å²) in [7, 11) is 1.23. The number of hydrogen-bond donors (Lipinski definition) is 0. The summed E-state index contributed by atoms with van der Waals surface area (Å²) >= 11 is 1.08. The lowest BCUT2D eigenvalue weighted by atomic mass is 10.1. The molecule has 0 spiro atoms. The number of ether oxygens (including phenoxy) is 1. The number of hydrogen-bond acceptors (Lipinski definition) is 3. The van der Waals surface area contributed by atoms with Gasteiger partial charge in [0.15, 0.2) is 0 Å². The van der Waals surface area contributed by atoms with Crippen LogP contribution in [0, 0.1) is 0 Å². The summed E-state index contributed by atoms with van der Waals surface area (Å²) in [6.07, 6.45) is -3.84. The molecule has 0 saturated heterocycles. The Balaban J connectivity index is 4.16. The van der Waals surface area contributed by atoms with Crippen LogP contribution in [0.25, 0.3) is 0 Å². The van der Waals surface area contributed by atoms with Gasteiger partial charge < -0.3 is 4.74 Å². The predicted octanol–water partition coefficient (Wildman–Crippen LogP) is 4.82. The first kappa shape index (κ1) is 20.5. The van der Waals surface area contributed by atoms with Gasteiger partial charge in [-0.3, -0.25) is 4.79 Å². The SMILES string of the molecule is CCCCCC(SCCCC(F)(F)C(F)(F)F)C(=O)OC. The molecular weight excluding hydrogens is 315 g/mol. The number of halogens is 5. The lowest BCUT2D eigenvalue weighted by molar-refractivity contribution is -0.284. The largest absolute Gasteiger partial charge is 0.468 e. The van der Waals surface area contributed by atoms with Crippen LogP contribution in [0.3, 0.4) is 0 Å². The molecule has 8 heteroatoms. The van der Waals surface area contributed by atoms with Crippen LogP contribution in [0.1, 0.15) is 45.4 Å². The van der Waals surface area contributed by atoms with E-state index in [0.717, 1.165) is 31.0 Å². The number of alkyl halides is 5. The second-order valence-corrected chi connectivity index (χ2v) is 5.99. The van der Waals surface area contributed by atoms with Gasteiger partial charge in [-0.2, -0.15) is 22.0 Å². The van der Waals surface area contributed by atoms with E-state index in [2.05, 4.69) is 4.74 Å². The maximum atomic E-state index is 12.7. The predicted molar refractivity (Wildman–Crippen MR) is 72.6 cm³/mol. The van der Waals surface area contributed by atoms with Gasteiger partial charge in [0, 0.05) is 6.42 Å². The number of esters is 1. The molecular formula is C13H21F5O2S. The third-order valence-electron chi connectivity index (χ3n) is 2.90. The zero-order valence-corrected chi connectivity index (χ0v) is 13.0. The van der Waals surface area contributed by atoms with E-state index in [4.69, 9.17) is 0 Å². The fourth-order valence-corrected chi connectivity index (χ4v) is 2.80. The van der Waals surface area contributed by atoms with Crippen LogP contribution in [0.2, 0.25) is 0 Å². The van der Waals surface area contributed by atoms with E-state index in [1.165, 1.54) is 7.11 Å². The van der Waals surface area contributed by atoms with Gasteiger partial charge >= 0.3 is 18.1 Å².